The van der Waals surface area contributed by atoms with Crippen LogP contribution in [0, 0.1) is 0 Å². The van der Waals surface area contributed by atoms with E-state index in [-0.39, 0.29) is 32.5 Å². The summed E-state index contributed by atoms with van der Waals surface area (Å²) in [5.74, 6) is 3.07. The van der Waals surface area contributed by atoms with Crippen molar-refractivity contribution in [2.24, 2.45) is 25.0 Å². The van der Waals surface area contributed by atoms with E-state index in [4.69, 9.17) is 59.1 Å². The van der Waals surface area contributed by atoms with Crippen molar-refractivity contribution in [1.82, 2.24) is 0 Å². The molecule has 0 bridgehead atoms. The summed E-state index contributed by atoms with van der Waals surface area (Å²) in [5, 5.41) is 0. The van der Waals surface area contributed by atoms with E-state index in [1.807, 2.05) is 36.7 Å². The van der Waals surface area contributed by atoms with Gasteiger partial charge in [0.25, 0.3) is 0 Å². The standard InChI is InChI=1S/C72H92N6O7/c1-67(2,3)49-25-43(61(80-19)55(73)31-49)37-74-56-32-50(68(4,5)6)26-44(62(56)81-20)38-75-57-33-51(69(7,8)9)27-45(63(57)82-21)39-76-58-34-52(70(10,11)12)28-46(64(58)83-22)40-77-59-35-53(71(13,14)15)29-47(65(59)84-23)41-78-60-36-54(72(16,17)18)30-48(42-79)66(60)85-24/h25-42H,73H2,1-24H3. The fourth-order valence-electron chi connectivity index (χ4n) is 9.54. The summed E-state index contributed by atoms with van der Waals surface area (Å²) in [6, 6.07) is 24.4. The van der Waals surface area contributed by atoms with Crippen LogP contribution in [0.3, 0.4) is 0 Å². The molecule has 85 heavy (non-hydrogen) atoms. The smallest absolute Gasteiger partial charge is 0.154 e. The molecular formula is C72H92N6O7. The Balaban J connectivity index is 1.50. The van der Waals surface area contributed by atoms with Crippen molar-refractivity contribution in [3.8, 4) is 34.5 Å². The maximum atomic E-state index is 12.3. The predicted octanol–water partition coefficient (Wildman–Crippen LogP) is 17.7. The highest BCUT2D eigenvalue weighted by Gasteiger charge is 2.26. The number of anilines is 1. The van der Waals surface area contributed by atoms with Crippen molar-refractivity contribution in [2.75, 3.05) is 48.4 Å². The summed E-state index contributed by atoms with van der Waals surface area (Å²) in [6.45, 7) is 38.7. The molecule has 0 spiro atoms. The number of nitrogens with zero attached hydrogens (tertiary/aromatic N) is 5. The maximum Gasteiger partial charge on any atom is 0.154 e. The van der Waals surface area contributed by atoms with E-state index in [0.29, 0.717) is 85.3 Å². The Kier molecular flexibility index (Phi) is 19.9. The van der Waals surface area contributed by atoms with Gasteiger partial charge in [0.2, 0.25) is 0 Å². The molecule has 13 nitrogen and oxygen atoms in total. The van der Waals surface area contributed by atoms with Gasteiger partial charge >= 0.3 is 0 Å². The maximum absolute atomic E-state index is 12.3. The average Bonchev–Trinajstić information content (AvgIpc) is 3.50. The largest absolute Gasteiger partial charge is 0.494 e. The van der Waals surface area contributed by atoms with Gasteiger partial charge in [0.1, 0.15) is 28.4 Å². The van der Waals surface area contributed by atoms with Crippen molar-refractivity contribution in [2.45, 2.75) is 157 Å². The van der Waals surface area contributed by atoms with Gasteiger partial charge in [-0.2, -0.15) is 0 Å². The lowest BCUT2D eigenvalue weighted by molar-refractivity contribution is 0.112. The number of benzene rings is 6. The van der Waals surface area contributed by atoms with Crippen LogP contribution >= 0.6 is 0 Å². The second-order valence-corrected chi connectivity index (χ2v) is 27.7. The van der Waals surface area contributed by atoms with E-state index in [2.05, 4.69) is 173 Å². The summed E-state index contributed by atoms with van der Waals surface area (Å²) in [4.78, 5) is 37.9. The predicted molar refractivity (Wildman–Crippen MR) is 356 cm³/mol. The number of nitrogens with two attached hydrogens (primary N) is 1. The number of hydrogen-bond acceptors (Lipinski definition) is 13. The third kappa shape index (κ3) is 15.6. The molecule has 0 heterocycles. The molecule has 2 N–H and O–H groups in total. The number of hydrogen-bond donors (Lipinski definition) is 1. The van der Waals surface area contributed by atoms with Crippen molar-refractivity contribution < 1.29 is 33.2 Å². The van der Waals surface area contributed by atoms with Crippen LogP contribution in [-0.2, 0) is 32.5 Å². The van der Waals surface area contributed by atoms with Crippen LogP contribution < -0.4 is 34.2 Å². The molecule has 0 saturated carbocycles. The minimum absolute atomic E-state index is 0.153. The van der Waals surface area contributed by atoms with E-state index in [9.17, 15) is 4.79 Å². The summed E-state index contributed by atoms with van der Waals surface area (Å²) in [7, 11) is 9.71. The molecule has 0 aromatic heterocycles. The van der Waals surface area contributed by atoms with E-state index in [1.165, 1.54) is 0 Å². The highest BCUT2D eigenvalue weighted by molar-refractivity contribution is 5.97. The van der Waals surface area contributed by atoms with Crippen LogP contribution in [0.2, 0.25) is 0 Å². The van der Waals surface area contributed by atoms with Crippen molar-refractivity contribution in [3.63, 3.8) is 0 Å². The summed E-state index contributed by atoms with van der Waals surface area (Å²) >= 11 is 0. The molecule has 452 valence electrons. The zero-order valence-corrected chi connectivity index (χ0v) is 55.1. The number of aldehydes is 1. The lowest BCUT2D eigenvalue weighted by Gasteiger charge is -2.23. The van der Waals surface area contributed by atoms with Gasteiger partial charge in [-0.25, -0.2) is 0 Å². The average molecular weight is 1150 g/mol. The fraction of sp³-hybridized carbons (Fsp3) is 0.417. The van der Waals surface area contributed by atoms with Crippen LogP contribution in [0.1, 0.15) is 196 Å². The molecule has 6 aromatic rings. The monoisotopic (exact) mass is 1150 g/mol. The van der Waals surface area contributed by atoms with Gasteiger partial charge in [0, 0.05) is 58.9 Å². The van der Waals surface area contributed by atoms with Gasteiger partial charge in [-0.1, -0.05) is 125 Å². The molecule has 0 atom stereocenters. The van der Waals surface area contributed by atoms with Crippen molar-refractivity contribution >= 4 is 71.5 Å². The van der Waals surface area contributed by atoms with Gasteiger partial charge < -0.3 is 34.2 Å². The molecular weight excluding hydrogens is 1060 g/mol. The third-order valence-electron chi connectivity index (χ3n) is 14.9. The van der Waals surface area contributed by atoms with E-state index in [0.717, 1.165) is 56.4 Å². The Morgan fingerprint density at radius 3 is 0.647 bits per heavy atom. The highest BCUT2D eigenvalue weighted by Crippen LogP contribution is 2.44. The Bertz CT molecular complexity index is 3600. The Morgan fingerprint density at radius 2 is 0.459 bits per heavy atom. The lowest BCUT2D eigenvalue weighted by atomic mass is 9.85. The van der Waals surface area contributed by atoms with Gasteiger partial charge in [0.15, 0.2) is 40.8 Å². The highest BCUT2D eigenvalue weighted by atomic mass is 16.5. The number of methoxy groups -OCH3 is 6. The number of carbonyl (C=O) groups is 1. The minimum atomic E-state index is -0.290. The molecule has 0 fully saturated rings. The number of rotatable bonds is 17. The first-order valence-electron chi connectivity index (χ1n) is 28.8. The third-order valence-corrected chi connectivity index (χ3v) is 14.9. The Hall–Kier alpha value is -8.06. The second kappa shape index (κ2) is 25.7. The minimum Gasteiger partial charge on any atom is -0.494 e. The Morgan fingerprint density at radius 1 is 0.282 bits per heavy atom. The van der Waals surface area contributed by atoms with E-state index < -0.39 is 0 Å². The van der Waals surface area contributed by atoms with Crippen LogP contribution in [0.15, 0.2) is 97.8 Å². The molecule has 0 saturated heterocycles. The number of nitrogen functional groups attached to an aromatic ring is 1. The summed E-state index contributed by atoms with van der Waals surface area (Å²) in [6.07, 6.45) is 9.76. The molecule has 6 aromatic carbocycles. The second-order valence-electron chi connectivity index (χ2n) is 27.7. The van der Waals surface area contributed by atoms with Gasteiger partial charge in [-0.05, 0) is 139 Å². The zero-order valence-electron chi connectivity index (χ0n) is 55.1. The van der Waals surface area contributed by atoms with Crippen molar-refractivity contribution in [1.29, 1.82) is 0 Å². The first-order chi connectivity index (χ1) is 39.5. The van der Waals surface area contributed by atoms with Gasteiger partial charge in [0.05, 0.1) is 53.9 Å². The molecule has 0 amide bonds. The molecule has 0 aliphatic carbocycles. The van der Waals surface area contributed by atoms with Crippen molar-refractivity contribution in [3.05, 3.63) is 140 Å². The zero-order chi connectivity index (χ0) is 63.4. The van der Waals surface area contributed by atoms with Gasteiger partial charge in [-0.15, -0.1) is 0 Å². The van der Waals surface area contributed by atoms with Crippen LogP contribution in [0.4, 0.5) is 34.1 Å². The molecule has 0 unspecified atom stereocenters. The molecule has 6 rings (SSSR count). The van der Waals surface area contributed by atoms with E-state index >= 15 is 0 Å². The molecule has 0 radical (unpaired) electrons. The van der Waals surface area contributed by atoms with E-state index in [1.54, 1.807) is 61.3 Å². The fourth-order valence-corrected chi connectivity index (χ4v) is 9.54. The Labute approximate surface area is 507 Å². The SMILES string of the molecule is COc1c(N)cc(C(C)(C)C)cc1C=Nc1cc(C(C)(C)C)cc(C=Nc2cc(C(C)(C)C)cc(C=Nc3cc(C(C)(C)C)cc(C=Nc4cc(C(C)(C)C)cc(C=Nc5cc(C(C)(C)C)cc(C=O)c5OC)c4OC)c3OC)c2OC)c1OC. The number of carbonyl (C=O) groups excluding carboxylic acids is 1. The first-order valence-corrected chi connectivity index (χ1v) is 28.8. The number of ether oxygens (including phenoxy) is 6. The van der Waals surface area contributed by atoms with Crippen LogP contribution in [-0.4, -0.2) is 80.0 Å². The number of aliphatic imine (C=N–C) groups is 5. The molecule has 0 aliphatic rings. The van der Waals surface area contributed by atoms with Gasteiger partial charge in [-0.3, -0.25) is 29.8 Å². The topological polar surface area (TPSA) is 160 Å². The molecule has 0 aliphatic heterocycles. The van der Waals surface area contributed by atoms with Crippen LogP contribution in [0.25, 0.3) is 0 Å². The lowest BCUT2D eigenvalue weighted by Crippen LogP contribution is -2.13. The normalized spacial score (nSPS) is 13.0. The first kappa shape index (κ1) is 66.1. The quantitative estimate of drug-likeness (QED) is 0.0536. The van der Waals surface area contributed by atoms with Crippen LogP contribution in [0.5, 0.6) is 34.5 Å². The molecule has 13 heteroatoms. The summed E-state index contributed by atoms with van der Waals surface area (Å²) < 4.78 is 36.3. The summed E-state index contributed by atoms with van der Waals surface area (Å²) in [5.41, 5.74) is 18.7.